The number of ether oxygens (including phenoxy) is 1. The molecule has 0 radical (unpaired) electrons. The van der Waals surface area contributed by atoms with Gasteiger partial charge in [0.25, 0.3) is 0 Å². The van der Waals surface area contributed by atoms with E-state index < -0.39 is 11.9 Å². The van der Waals surface area contributed by atoms with Crippen molar-refractivity contribution in [3.05, 3.63) is 34.9 Å². The van der Waals surface area contributed by atoms with Gasteiger partial charge in [-0.3, -0.25) is 9.59 Å². The Morgan fingerprint density at radius 2 is 1.90 bits per heavy atom. The van der Waals surface area contributed by atoms with Crippen LogP contribution in [0.5, 0.6) is 0 Å². The van der Waals surface area contributed by atoms with E-state index in [2.05, 4.69) is 5.32 Å². The number of hydrogen-bond acceptors (Lipinski definition) is 3. The smallest absolute Gasteiger partial charge is 0.318 e. The molecule has 0 spiro atoms. The standard InChI is InChI=1S/C16H20ClNO3/c1-21-16(20)14(12-4-2-3-5-12)15(19)18-10-11-6-8-13(17)9-7-11/h6-9,12,14H,2-5,10H2,1H3,(H,18,19)/t14-/m1/s1. The van der Waals surface area contributed by atoms with Crippen LogP contribution in [-0.4, -0.2) is 19.0 Å². The van der Waals surface area contributed by atoms with Crippen LogP contribution in [0.2, 0.25) is 5.02 Å². The van der Waals surface area contributed by atoms with E-state index >= 15 is 0 Å². The Hall–Kier alpha value is -1.55. The molecule has 0 bridgehead atoms. The first kappa shape index (κ1) is 15.8. The third-order valence-electron chi connectivity index (χ3n) is 3.99. The molecule has 1 amide bonds. The molecule has 1 saturated carbocycles. The van der Waals surface area contributed by atoms with Gasteiger partial charge in [-0.15, -0.1) is 0 Å². The van der Waals surface area contributed by atoms with Crippen LogP contribution in [0.3, 0.4) is 0 Å². The second-order valence-corrected chi connectivity index (χ2v) is 5.83. The van der Waals surface area contributed by atoms with Crippen LogP contribution in [-0.2, 0) is 20.9 Å². The highest BCUT2D eigenvalue weighted by Gasteiger charge is 2.37. The molecule has 114 valence electrons. The zero-order valence-corrected chi connectivity index (χ0v) is 12.9. The Bertz CT molecular complexity index is 495. The van der Waals surface area contributed by atoms with Gasteiger partial charge < -0.3 is 10.1 Å². The number of benzene rings is 1. The number of amides is 1. The summed E-state index contributed by atoms with van der Waals surface area (Å²) in [5, 5.41) is 3.48. The van der Waals surface area contributed by atoms with E-state index in [0.29, 0.717) is 11.6 Å². The third-order valence-corrected chi connectivity index (χ3v) is 4.24. The maximum Gasteiger partial charge on any atom is 0.318 e. The van der Waals surface area contributed by atoms with E-state index in [-0.39, 0.29) is 11.8 Å². The second kappa shape index (κ2) is 7.46. The van der Waals surface area contributed by atoms with Crippen molar-refractivity contribution in [1.82, 2.24) is 5.32 Å². The highest BCUT2D eigenvalue weighted by molar-refractivity contribution is 6.30. The Morgan fingerprint density at radius 1 is 1.29 bits per heavy atom. The van der Waals surface area contributed by atoms with Crippen molar-refractivity contribution in [2.24, 2.45) is 11.8 Å². The maximum atomic E-state index is 12.3. The van der Waals surface area contributed by atoms with Gasteiger partial charge in [0.15, 0.2) is 0 Å². The molecule has 1 aliphatic rings. The molecule has 5 heteroatoms. The van der Waals surface area contributed by atoms with Crippen molar-refractivity contribution in [2.45, 2.75) is 32.2 Å². The number of nitrogens with one attached hydrogen (secondary N) is 1. The topological polar surface area (TPSA) is 55.4 Å². The van der Waals surface area contributed by atoms with Crippen LogP contribution in [0.4, 0.5) is 0 Å². The van der Waals surface area contributed by atoms with Crippen LogP contribution in [0.15, 0.2) is 24.3 Å². The molecule has 21 heavy (non-hydrogen) atoms. The molecule has 0 heterocycles. The number of esters is 1. The number of carbonyl (C=O) groups excluding carboxylic acids is 2. The molecular weight excluding hydrogens is 290 g/mol. The van der Waals surface area contributed by atoms with Crippen molar-refractivity contribution < 1.29 is 14.3 Å². The largest absolute Gasteiger partial charge is 0.468 e. The summed E-state index contributed by atoms with van der Waals surface area (Å²) in [6.45, 7) is 0.385. The van der Waals surface area contributed by atoms with Gasteiger partial charge in [-0.25, -0.2) is 0 Å². The van der Waals surface area contributed by atoms with E-state index in [1.165, 1.54) is 7.11 Å². The molecular formula is C16H20ClNO3. The fourth-order valence-corrected chi connectivity index (χ4v) is 2.96. The third kappa shape index (κ3) is 4.21. The number of rotatable bonds is 5. The molecule has 1 aromatic rings. The van der Waals surface area contributed by atoms with Crippen LogP contribution in [0, 0.1) is 11.8 Å². The minimum absolute atomic E-state index is 0.0997. The summed E-state index contributed by atoms with van der Waals surface area (Å²) in [6.07, 6.45) is 3.97. The Morgan fingerprint density at radius 3 is 2.48 bits per heavy atom. The highest BCUT2D eigenvalue weighted by Crippen LogP contribution is 2.32. The lowest BCUT2D eigenvalue weighted by atomic mass is 9.90. The summed E-state index contributed by atoms with van der Waals surface area (Å²) in [5.41, 5.74) is 0.947. The molecule has 0 unspecified atom stereocenters. The lowest BCUT2D eigenvalue weighted by molar-refractivity contribution is -0.152. The van der Waals surface area contributed by atoms with Gasteiger partial charge in [0.2, 0.25) is 5.91 Å². The van der Waals surface area contributed by atoms with Crippen molar-refractivity contribution in [1.29, 1.82) is 0 Å². The Kier molecular flexibility index (Phi) is 5.62. The average molecular weight is 310 g/mol. The molecule has 1 N–H and O–H groups in total. The van der Waals surface area contributed by atoms with E-state index in [0.717, 1.165) is 31.2 Å². The fourth-order valence-electron chi connectivity index (χ4n) is 2.83. The van der Waals surface area contributed by atoms with Crippen LogP contribution < -0.4 is 5.32 Å². The molecule has 4 nitrogen and oxygen atoms in total. The number of carbonyl (C=O) groups is 2. The zero-order chi connectivity index (χ0) is 15.2. The quantitative estimate of drug-likeness (QED) is 0.672. The molecule has 0 aliphatic heterocycles. The van der Waals surface area contributed by atoms with E-state index in [4.69, 9.17) is 16.3 Å². The minimum atomic E-state index is -0.690. The van der Waals surface area contributed by atoms with Crippen molar-refractivity contribution in [3.63, 3.8) is 0 Å². The van der Waals surface area contributed by atoms with Crippen molar-refractivity contribution in [3.8, 4) is 0 Å². The Balaban J connectivity index is 1.97. The second-order valence-electron chi connectivity index (χ2n) is 5.39. The normalized spacial score (nSPS) is 16.5. The molecule has 1 aromatic carbocycles. The maximum absolute atomic E-state index is 12.3. The van der Waals surface area contributed by atoms with Crippen molar-refractivity contribution >= 4 is 23.5 Å². The van der Waals surface area contributed by atoms with Crippen LogP contribution in [0.1, 0.15) is 31.2 Å². The molecule has 0 aromatic heterocycles. The van der Waals surface area contributed by atoms with Gasteiger partial charge in [0.05, 0.1) is 7.11 Å². The SMILES string of the molecule is COC(=O)[C@@H](C(=O)NCc1ccc(Cl)cc1)C1CCCC1. The van der Waals surface area contributed by atoms with Crippen LogP contribution in [0.25, 0.3) is 0 Å². The number of hydrogen-bond donors (Lipinski definition) is 1. The van der Waals surface area contributed by atoms with Gasteiger partial charge in [0.1, 0.15) is 5.92 Å². The fraction of sp³-hybridized carbons (Fsp3) is 0.500. The lowest BCUT2D eigenvalue weighted by Gasteiger charge is -2.20. The number of methoxy groups -OCH3 is 1. The van der Waals surface area contributed by atoms with E-state index in [1.54, 1.807) is 12.1 Å². The first-order chi connectivity index (χ1) is 10.1. The summed E-state index contributed by atoms with van der Waals surface area (Å²) in [7, 11) is 1.33. The van der Waals surface area contributed by atoms with E-state index in [1.807, 2.05) is 12.1 Å². The Labute approximate surface area is 129 Å². The van der Waals surface area contributed by atoms with Crippen LogP contribution >= 0.6 is 11.6 Å². The molecule has 2 rings (SSSR count). The summed E-state index contributed by atoms with van der Waals surface area (Å²) in [6, 6.07) is 7.26. The van der Waals surface area contributed by atoms with Gasteiger partial charge in [-0.05, 0) is 36.5 Å². The lowest BCUT2D eigenvalue weighted by Crippen LogP contribution is -2.39. The van der Waals surface area contributed by atoms with Gasteiger partial charge in [-0.2, -0.15) is 0 Å². The molecule has 1 atom stereocenters. The predicted octanol–water partition coefficient (Wildman–Crippen LogP) is 2.94. The molecule has 0 saturated heterocycles. The first-order valence-corrected chi connectivity index (χ1v) is 7.59. The molecule has 1 aliphatic carbocycles. The molecule has 1 fully saturated rings. The summed E-state index contributed by atoms with van der Waals surface area (Å²) >= 11 is 5.82. The number of halogens is 1. The monoisotopic (exact) mass is 309 g/mol. The predicted molar refractivity (Wildman–Crippen MR) is 80.8 cm³/mol. The highest BCUT2D eigenvalue weighted by atomic mass is 35.5. The summed E-state index contributed by atoms with van der Waals surface area (Å²) in [4.78, 5) is 24.2. The summed E-state index contributed by atoms with van der Waals surface area (Å²) < 4.78 is 4.80. The first-order valence-electron chi connectivity index (χ1n) is 7.22. The van der Waals surface area contributed by atoms with Crippen molar-refractivity contribution in [2.75, 3.05) is 7.11 Å². The minimum Gasteiger partial charge on any atom is -0.468 e. The summed E-state index contributed by atoms with van der Waals surface area (Å²) in [5.74, 6) is -1.27. The van der Waals surface area contributed by atoms with E-state index in [9.17, 15) is 9.59 Å². The van der Waals surface area contributed by atoms with Gasteiger partial charge >= 0.3 is 5.97 Å². The van der Waals surface area contributed by atoms with Gasteiger partial charge in [0, 0.05) is 11.6 Å². The zero-order valence-electron chi connectivity index (χ0n) is 12.1. The van der Waals surface area contributed by atoms with Gasteiger partial charge in [-0.1, -0.05) is 36.6 Å². The average Bonchev–Trinajstić information content (AvgIpc) is 3.00.